The number of nitrogens with zero attached hydrogens (tertiary/aromatic N) is 3. The number of carbonyl (C=O) groups excluding carboxylic acids is 4. The molecule has 0 saturated carbocycles. The maximum absolute atomic E-state index is 13.6. The Morgan fingerprint density at radius 2 is 1.10 bits per heavy atom. The Bertz CT molecular complexity index is 1700. The average molecular weight is 666 g/mol. The van der Waals surface area contributed by atoms with E-state index in [9.17, 15) is 24.4 Å². The Hall–Kier alpha value is -5.91. The highest BCUT2D eigenvalue weighted by molar-refractivity contribution is 5.88. The number of carbonyl (C=O) groups is 4. The highest BCUT2D eigenvalue weighted by atomic mass is 16.6. The van der Waals surface area contributed by atoms with Gasteiger partial charge in [0.1, 0.15) is 42.4 Å². The summed E-state index contributed by atoms with van der Waals surface area (Å²) < 4.78 is 23.2. The summed E-state index contributed by atoms with van der Waals surface area (Å²) in [5.74, 6) is -1.53. The summed E-state index contributed by atoms with van der Waals surface area (Å²) in [6.07, 6.45) is 1.82. The molecule has 2 fully saturated rings. The van der Waals surface area contributed by atoms with Gasteiger partial charge in [-0.25, -0.2) is 19.2 Å². The number of aromatic nitrogens is 1. The van der Waals surface area contributed by atoms with Gasteiger partial charge >= 0.3 is 24.1 Å². The van der Waals surface area contributed by atoms with Crippen LogP contribution >= 0.6 is 0 Å². The van der Waals surface area contributed by atoms with Gasteiger partial charge in [-0.05, 0) is 55.0 Å². The Kier molecular flexibility index (Phi) is 10.3. The topological polar surface area (TPSA) is 139 Å². The second kappa shape index (κ2) is 15.3. The lowest BCUT2D eigenvalue weighted by molar-refractivity contribution is -0.593. The minimum atomic E-state index is -0.925. The molecule has 0 bridgehead atoms. The van der Waals surface area contributed by atoms with E-state index in [0.29, 0.717) is 43.5 Å². The summed E-state index contributed by atoms with van der Waals surface area (Å²) in [6, 6.07) is 25.7. The maximum Gasteiger partial charge on any atom is 0.410 e. The first-order chi connectivity index (χ1) is 23.9. The molecule has 12 nitrogen and oxygen atoms in total. The maximum atomic E-state index is 13.6. The molecule has 12 heteroatoms. The second-order valence-electron chi connectivity index (χ2n) is 11.7. The summed E-state index contributed by atoms with van der Waals surface area (Å²) in [6.45, 7) is 0.720. The monoisotopic (exact) mass is 665 g/mol. The first-order valence-electron chi connectivity index (χ1n) is 16.1. The van der Waals surface area contributed by atoms with Crippen LogP contribution in [0.3, 0.4) is 0 Å². The number of benzene rings is 3. The highest BCUT2D eigenvalue weighted by Gasteiger charge is 2.39. The van der Waals surface area contributed by atoms with Crippen LogP contribution in [0.2, 0.25) is 0 Å². The average Bonchev–Trinajstić information content (AvgIpc) is 3.83. The lowest BCUT2D eigenvalue weighted by Gasteiger charge is -2.24. The van der Waals surface area contributed by atoms with Crippen LogP contribution in [0.1, 0.15) is 36.8 Å². The van der Waals surface area contributed by atoms with Crippen LogP contribution < -0.4 is 14.2 Å². The van der Waals surface area contributed by atoms with E-state index in [1.807, 2.05) is 60.7 Å². The van der Waals surface area contributed by atoms with Crippen molar-refractivity contribution in [1.29, 1.82) is 0 Å². The molecule has 1 aromatic heterocycles. The van der Waals surface area contributed by atoms with Crippen LogP contribution in [0.25, 0.3) is 11.3 Å². The molecule has 3 heterocycles. The smallest absolute Gasteiger partial charge is 0.410 e. The van der Waals surface area contributed by atoms with E-state index < -0.39 is 36.2 Å². The number of ether oxygens (including phenoxy) is 4. The molecule has 2 aliphatic rings. The van der Waals surface area contributed by atoms with Crippen molar-refractivity contribution in [3.63, 3.8) is 0 Å². The number of pyridine rings is 1. The van der Waals surface area contributed by atoms with E-state index >= 15 is 0 Å². The summed E-state index contributed by atoms with van der Waals surface area (Å²) in [7, 11) is 0. The lowest BCUT2D eigenvalue weighted by Crippen LogP contribution is -2.43. The molecule has 0 aliphatic carbocycles. The Morgan fingerprint density at radius 3 is 1.57 bits per heavy atom. The fourth-order valence-electron chi connectivity index (χ4n) is 5.97. The molecule has 3 aromatic carbocycles. The number of esters is 2. The minimum Gasteiger partial charge on any atom is -0.618 e. The van der Waals surface area contributed by atoms with Crippen molar-refractivity contribution in [2.75, 3.05) is 13.1 Å². The van der Waals surface area contributed by atoms with Crippen LogP contribution in [0.4, 0.5) is 9.59 Å². The van der Waals surface area contributed by atoms with Crippen molar-refractivity contribution >= 4 is 24.1 Å². The second-order valence-corrected chi connectivity index (χ2v) is 11.7. The quantitative estimate of drug-likeness (QED) is 0.0996. The molecule has 2 atom stereocenters. The third kappa shape index (κ3) is 7.81. The van der Waals surface area contributed by atoms with Gasteiger partial charge < -0.3 is 24.2 Å². The number of rotatable bonds is 9. The third-order valence-corrected chi connectivity index (χ3v) is 8.42. The van der Waals surface area contributed by atoms with Crippen LogP contribution in [0.15, 0.2) is 103 Å². The zero-order chi connectivity index (χ0) is 34.2. The van der Waals surface area contributed by atoms with E-state index in [0.717, 1.165) is 11.1 Å². The van der Waals surface area contributed by atoms with Crippen LogP contribution in [-0.4, -0.2) is 59.1 Å². The van der Waals surface area contributed by atoms with Crippen LogP contribution in [-0.2, 0) is 32.3 Å². The van der Waals surface area contributed by atoms with Gasteiger partial charge in [0.15, 0.2) is 6.20 Å². The number of hydrogen-bond acceptors (Lipinski definition) is 9. The third-order valence-electron chi connectivity index (χ3n) is 8.42. The van der Waals surface area contributed by atoms with E-state index in [1.54, 1.807) is 6.07 Å². The first-order valence-corrected chi connectivity index (χ1v) is 16.1. The first kappa shape index (κ1) is 33.0. The SMILES string of the molecule is O=C(Oc1cccc(OC(=O)[C@@H]2CCCN2C(=O)OCc2ccccc2)c1-c1cccc[n+]1[O-])[C@@H]1CCCN1C(=O)OCc1ccccc1. The Balaban J connectivity index is 1.19. The van der Waals surface area contributed by atoms with E-state index in [-0.39, 0.29) is 36.0 Å². The standard InChI is InChI=1S/C37H35N3O9/c41-34(29-17-10-21-38(29)36(43)46-24-26-12-3-1-4-13-26)48-31-19-9-20-32(33(31)28-16-7-8-23-40(28)45)49-35(42)30-18-11-22-39(30)37(44)47-25-27-14-5-2-6-15-27/h1-9,12-16,19-20,23,29-30H,10-11,17-18,21-22,24-25H2/t29-,30-/m0/s1. The van der Waals surface area contributed by atoms with Crippen LogP contribution in [0, 0.1) is 5.21 Å². The van der Waals surface area contributed by atoms with Gasteiger partial charge in [-0.15, -0.1) is 0 Å². The van der Waals surface area contributed by atoms with Gasteiger partial charge in [0, 0.05) is 25.2 Å². The number of likely N-dealkylation sites (tertiary alicyclic amines) is 2. The van der Waals surface area contributed by atoms with Crippen molar-refractivity contribution in [3.05, 3.63) is 120 Å². The summed E-state index contributed by atoms with van der Waals surface area (Å²) in [4.78, 5) is 55.7. The fourth-order valence-corrected chi connectivity index (χ4v) is 5.97. The Labute approximate surface area is 282 Å². The van der Waals surface area contributed by atoms with E-state index in [4.69, 9.17) is 18.9 Å². The molecule has 252 valence electrons. The molecule has 0 radical (unpaired) electrons. The van der Waals surface area contributed by atoms with Gasteiger partial charge in [-0.1, -0.05) is 66.7 Å². The van der Waals surface area contributed by atoms with Crippen LogP contribution in [0.5, 0.6) is 11.5 Å². The van der Waals surface area contributed by atoms with Gasteiger partial charge in [0.25, 0.3) is 0 Å². The molecule has 6 rings (SSSR count). The molecule has 0 spiro atoms. The molecule has 49 heavy (non-hydrogen) atoms. The molecule has 4 aromatic rings. The fraction of sp³-hybridized carbons (Fsp3) is 0.270. The van der Waals surface area contributed by atoms with Crippen molar-refractivity contribution in [3.8, 4) is 22.8 Å². The van der Waals surface area contributed by atoms with Gasteiger partial charge in [-0.3, -0.25) is 9.80 Å². The lowest BCUT2D eigenvalue weighted by atomic mass is 10.1. The normalized spacial score (nSPS) is 17.0. The highest BCUT2D eigenvalue weighted by Crippen LogP contribution is 2.38. The van der Waals surface area contributed by atoms with Gasteiger partial charge in [-0.2, -0.15) is 4.73 Å². The molecular formula is C37H35N3O9. The van der Waals surface area contributed by atoms with Gasteiger partial charge in [0.05, 0.1) is 0 Å². The predicted octanol–water partition coefficient (Wildman–Crippen LogP) is 5.40. The summed E-state index contributed by atoms with van der Waals surface area (Å²) in [5.41, 5.74) is 1.74. The predicted molar refractivity (Wildman–Crippen MR) is 175 cm³/mol. The van der Waals surface area contributed by atoms with Crippen molar-refractivity contribution < 1.29 is 42.9 Å². The molecular weight excluding hydrogens is 630 g/mol. The van der Waals surface area contributed by atoms with E-state index in [1.165, 1.54) is 46.3 Å². The summed E-state index contributed by atoms with van der Waals surface area (Å²) >= 11 is 0. The Morgan fingerprint density at radius 1 is 0.633 bits per heavy atom. The number of amides is 2. The number of hydrogen-bond donors (Lipinski definition) is 0. The molecule has 0 unspecified atom stereocenters. The molecule has 2 aliphatic heterocycles. The van der Waals surface area contributed by atoms with E-state index in [2.05, 4.69) is 0 Å². The molecule has 2 saturated heterocycles. The van der Waals surface area contributed by atoms with Crippen molar-refractivity contribution in [1.82, 2.24) is 9.80 Å². The van der Waals surface area contributed by atoms with Crippen molar-refractivity contribution in [2.45, 2.75) is 51.0 Å². The molecule has 2 amide bonds. The minimum absolute atomic E-state index is 0.0406. The van der Waals surface area contributed by atoms with Gasteiger partial charge in [0.2, 0.25) is 5.69 Å². The largest absolute Gasteiger partial charge is 0.618 e. The summed E-state index contributed by atoms with van der Waals surface area (Å²) in [5, 5.41) is 13.0. The molecule has 0 N–H and O–H groups in total. The zero-order valence-corrected chi connectivity index (χ0v) is 26.6. The zero-order valence-electron chi connectivity index (χ0n) is 26.6. The van der Waals surface area contributed by atoms with Crippen molar-refractivity contribution in [2.24, 2.45) is 0 Å².